The molecule has 0 aliphatic rings. The summed E-state index contributed by atoms with van der Waals surface area (Å²) >= 11 is 6.54. The van der Waals surface area contributed by atoms with Crippen molar-refractivity contribution in [3.8, 4) is 17.3 Å². The first kappa shape index (κ1) is 32.8. The number of nitriles is 1. The molecule has 0 aliphatic heterocycles. The molecule has 4 rings (SSSR count). The summed E-state index contributed by atoms with van der Waals surface area (Å²) in [6, 6.07) is 10.3. The molecule has 2 aromatic carbocycles. The zero-order valence-corrected chi connectivity index (χ0v) is 27.0. The number of amides is 1. The van der Waals surface area contributed by atoms with E-state index in [1.165, 1.54) is 11.1 Å². The summed E-state index contributed by atoms with van der Waals surface area (Å²) in [6.07, 6.45) is 2.25. The van der Waals surface area contributed by atoms with E-state index in [9.17, 15) is 18.5 Å². The van der Waals surface area contributed by atoms with Gasteiger partial charge in [0, 0.05) is 41.5 Å². The third kappa shape index (κ3) is 7.00. The fourth-order valence-corrected chi connectivity index (χ4v) is 5.61. The maximum Gasteiger partial charge on any atom is 0.410 e. The highest BCUT2D eigenvalue weighted by Crippen LogP contribution is 2.37. The molecule has 0 fully saturated rings. The summed E-state index contributed by atoms with van der Waals surface area (Å²) in [6.45, 7) is 9.35. The Morgan fingerprint density at radius 1 is 1.20 bits per heavy atom. The lowest BCUT2D eigenvalue weighted by atomic mass is 9.98. The zero-order chi connectivity index (χ0) is 32.4. The van der Waals surface area contributed by atoms with Crippen molar-refractivity contribution in [1.82, 2.24) is 19.9 Å². The lowest BCUT2D eigenvalue weighted by Gasteiger charge is -2.32. The molecule has 2 aromatic heterocycles. The average Bonchev–Trinajstić information content (AvgIpc) is 2.94. The van der Waals surface area contributed by atoms with Crippen molar-refractivity contribution in [3.05, 3.63) is 52.9 Å². The standard InChI is InChI=1S/C31H34ClFN6O4S/c1-7-15-39(30(40)43-31(3,4)5)19(13-14-34)16-36-28-22-17-35-26(25(33)27(22)37-29(38-28)44(6,41)42)21-10-8-9-20-18(2)11-12-23(32)24(20)21/h8-12,17,19H,7,13,15-16H2,1-6H3,(H,36,37,38)/t19-/m0/s1. The number of aromatic nitrogens is 3. The molecule has 4 aromatic rings. The quantitative estimate of drug-likeness (QED) is 0.198. The van der Waals surface area contributed by atoms with Crippen molar-refractivity contribution in [1.29, 1.82) is 5.26 Å². The minimum Gasteiger partial charge on any atom is -0.444 e. The van der Waals surface area contributed by atoms with Gasteiger partial charge in [-0.05, 0) is 51.1 Å². The highest BCUT2D eigenvalue weighted by Gasteiger charge is 2.29. The molecular weight excluding hydrogens is 607 g/mol. The van der Waals surface area contributed by atoms with E-state index in [2.05, 4.69) is 26.3 Å². The minimum atomic E-state index is -3.97. The molecule has 0 saturated carbocycles. The number of carbonyl (C=O) groups excluding carboxylic acids is 1. The normalized spacial score (nSPS) is 12.6. The number of ether oxygens (including phenoxy) is 1. The van der Waals surface area contributed by atoms with Crippen molar-refractivity contribution >= 4 is 55.0 Å². The number of aryl methyl sites for hydroxylation is 1. The number of benzene rings is 2. The fraction of sp³-hybridized carbons (Fsp3) is 0.387. The third-order valence-electron chi connectivity index (χ3n) is 6.82. The van der Waals surface area contributed by atoms with Gasteiger partial charge in [0.2, 0.25) is 15.0 Å². The van der Waals surface area contributed by atoms with E-state index in [0.717, 1.165) is 17.2 Å². The van der Waals surface area contributed by atoms with Crippen LogP contribution in [-0.2, 0) is 14.6 Å². The van der Waals surface area contributed by atoms with E-state index >= 15 is 4.39 Å². The van der Waals surface area contributed by atoms with Crippen LogP contribution in [0.4, 0.5) is 15.0 Å². The molecule has 232 valence electrons. The molecule has 0 aliphatic carbocycles. The van der Waals surface area contributed by atoms with Crippen molar-refractivity contribution in [3.63, 3.8) is 0 Å². The monoisotopic (exact) mass is 640 g/mol. The fourth-order valence-electron chi connectivity index (χ4n) is 4.83. The third-order valence-corrected chi connectivity index (χ3v) is 7.98. The average molecular weight is 641 g/mol. The van der Waals surface area contributed by atoms with Crippen LogP contribution in [0, 0.1) is 24.1 Å². The van der Waals surface area contributed by atoms with Gasteiger partial charge in [0.05, 0.1) is 23.9 Å². The molecule has 0 radical (unpaired) electrons. The number of fused-ring (bicyclic) bond motifs is 2. The molecule has 1 N–H and O–H groups in total. The van der Waals surface area contributed by atoms with E-state index in [1.807, 2.05) is 26.0 Å². The molecular formula is C31H34ClFN6O4S. The number of sulfone groups is 1. The SMILES string of the molecule is CCCN(C(=O)OC(C)(C)C)[C@@H](CC#N)CNc1nc(S(C)(=O)=O)nc2c(F)c(-c3cccc4c(C)ccc(Cl)c34)ncc12. The smallest absolute Gasteiger partial charge is 0.410 e. The molecule has 2 heterocycles. The first-order valence-electron chi connectivity index (χ1n) is 14.0. The Labute approximate surface area is 261 Å². The second-order valence-electron chi connectivity index (χ2n) is 11.5. The lowest BCUT2D eigenvalue weighted by Crippen LogP contribution is -2.46. The van der Waals surface area contributed by atoms with E-state index in [1.54, 1.807) is 39.0 Å². The maximum absolute atomic E-state index is 16.3. The van der Waals surface area contributed by atoms with Crippen molar-refractivity contribution in [2.75, 3.05) is 24.7 Å². The van der Waals surface area contributed by atoms with Crippen molar-refractivity contribution in [2.24, 2.45) is 0 Å². The predicted octanol–water partition coefficient (Wildman–Crippen LogP) is 6.69. The van der Waals surface area contributed by atoms with Crippen LogP contribution in [0.5, 0.6) is 0 Å². The molecule has 13 heteroatoms. The molecule has 1 atom stereocenters. The van der Waals surface area contributed by atoms with Crippen LogP contribution in [0.25, 0.3) is 32.9 Å². The predicted molar refractivity (Wildman–Crippen MR) is 169 cm³/mol. The lowest BCUT2D eigenvalue weighted by molar-refractivity contribution is 0.0174. The van der Waals surface area contributed by atoms with Crippen LogP contribution in [0.1, 0.15) is 46.1 Å². The summed E-state index contributed by atoms with van der Waals surface area (Å²) < 4.78 is 47.1. The number of nitrogens with zero attached hydrogens (tertiary/aromatic N) is 5. The van der Waals surface area contributed by atoms with Gasteiger partial charge in [-0.15, -0.1) is 0 Å². The highest BCUT2D eigenvalue weighted by atomic mass is 35.5. The topological polar surface area (TPSA) is 138 Å². The van der Waals surface area contributed by atoms with Crippen LogP contribution in [-0.4, -0.2) is 65.4 Å². The first-order valence-corrected chi connectivity index (χ1v) is 16.3. The first-order chi connectivity index (χ1) is 20.7. The second kappa shape index (κ2) is 12.9. The molecule has 44 heavy (non-hydrogen) atoms. The number of nitrogens with one attached hydrogen (secondary N) is 1. The molecule has 0 saturated heterocycles. The Bertz CT molecular complexity index is 1890. The summed E-state index contributed by atoms with van der Waals surface area (Å²) in [7, 11) is -3.97. The molecule has 0 unspecified atom stereocenters. The molecule has 0 bridgehead atoms. The van der Waals surface area contributed by atoms with Crippen LogP contribution >= 0.6 is 11.6 Å². The van der Waals surface area contributed by atoms with E-state index in [-0.39, 0.29) is 35.4 Å². The maximum atomic E-state index is 16.3. The van der Waals surface area contributed by atoms with Gasteiger partial charge >= 0.3 is 6.09 Å². The molecule has 0 spiro atoms. The van der Waals surface area contributed by atoms with E-state index in [4.69, 9.17) is 16.3 Å². The van der Waals surface area contributed by atoms with Gasteiger partial charge in [0.15, 0.2) is 5.82 Å². The summed E-state index contributed by atoms with van der Waals surface area (Å²) in [5.74, 6) is -0.860. The Morgan fingerprint density at radius 2 is 1.93 bits per heavy atom. The van der Waals surface area contributed by atoms with Gasteiger partial charge in [-0.1, -0.05) is 42.8 Å². The number of hydrogen-bond acceptors (Lipinski definition) is 9. The van der Waals surface area contributed by atoms with Crippen molar-refractivity contribution in [2.45, 2.75) is 64.3 Å². The van der Waals surface area contributed by atoms with Gasteiger partial charge in [-0.25, -0.2) is 27.6 Å². The van der Waals surface area contributed by atoms with Crippen LogP contribution in [0.3, 0.4) is 0 Å². The van der Waals surface area contributed by atoms with Crippen LogP contribution in [0.15, 0.2) is 41.7 Å². The van der Waals surface area contributed by atoms with Crippen molar-refractivity contribution < 1.29 is 22.3 Å². The number of hydrogen-bond donors (Lipinski definition) is 1. The Hall–Kier alpha value is -4.08. The zero-order valence-electron chi connectivity index (χ0n) is 25.4. The number of anilines is 1. The van der Waals surface area contributed by atoms with E-state index in [0.29, 0.717) is 28.9 Å². The summed E-state index contributed by atoms with van der Waals surface area (Å²) in [5, 5.41) is 13.9. The molecule has 10 nitrogen and oxygen atoms in total. The Balaban J connectivity index is 1.83. The Morgan fingerprint density at radius 3 is 2.57 bits per heavy atom. The molecule has 1 amide bonds. The Kier molecular flexibility index (Phi) is 9.61. The number of pyridine rings is 1. The van der Waals surface area contributed by atoms with Gasteiger partial charge in [0.25, 0.3) is 0 Å². The van der Waals surface area contributed by atoms with Crippen LogP contribution in [0.2, 0.25) is 5.02 Å². The number of rotatable bonds is 9. The van der Waals surface area contributed by atoms with Gasteiger partial charge in [0.1, 0.15) is 22.6 Å². The van der Waals surface area contributed by atoms with Gasteiger partial charge < -0.3 is 15.0 Å². The number of halogens is 2. The van der Waals surface area contributed by atoms with Gasteiger partial charge in [-0.3, -0.25) is 4.98 Å². The minimum absolute atomic E-state index is 0.0102. The van der Waals surface area contributed by atoms with Gasteiger partial charge in [-0.2, -0.15) is 5.26 Å². The van der Waals surface area contributed by atoms with Crippen LogP contribution < -0.4 is 5.32 Å². The number of carbonyl (C=O) groups is 1. The van der Waals surface area contributed by atoms with E-state index < -0.39 is 38.5 Å². The summed E-state index contributed by atoms with van der Waals surface area (Å²) in [4.78, 5) is 27.1. The second-order valence-corrected chi connectivity index (χ2v) is 13.8. The summed E-state index contributed by atoms with van der Waals surface area (Å²) in [5.41, 5.74) is 0.293. The largest absolute Gasteiger partial charge is 0.444 e. The highest BCUT2D eigenvalue weighted by molar-refractivity contribution is 7.90.